The van der Waals surface area contributed by atoms with Gasteiger partial charge in [0.1, 0.15) is 54.6 Å². The molecule has 3 heterocycles. The Labute approximate surface area is 358 Å². The van der Waals surface area contributed by atoms with Crippen LogP contribution < -0.4 is 16.4 Å². The number of amides is 2. The van der Waals surface area contributed by atoms with Gasteiger partial charge in [0.15, 0.2) is 34.0 Å². The normalized spacial score (nSPS) is 23.9. The van der Waals surface area contributed by atoms with Crippen molar-refractivity contribution in [3.63, 3.8) is 0 Å². The van der Waals surface area contributed by atoms with E-state index >= 15 is 0 Å². The number of aromatic nitrogens is 4. The van der Waals surface area contributed by atoms with E-state index in [0.29, 0.717) is 0 Å². The fourth-order valence-corrected chi connectivity index (χ4v) is 10.6. The van der Waals surface area contributed by atoms with Crippen LogP contribution in [0.5, 0.6) is 0 Å². The van der Waals surface area contributed by atoms with Crippen LogP contribution in [0.2, 0.25) is 0 Å². The van der Waals surface area contributed by atoms with Gasteiger partial charge in [0, 0.05) is 37.6 Å². The summed E-state index contributed by atoms with van der Waals surface area (Å²) < 4.78 is 62.1. The van der Waals surface area contributed by atoms with Crippen molar-refractivity contribution in [3.8, 4) is 0 Å². The van der Waals surface area contributed by atoms with Crippen LogP contribution in [-0.2, 0) is 55.5 Å². The first-order valence-corrected chi connectivity index (χ1v) is 24.1. The monoisotopic (exact) mass is 989 g/mol. The van der Waals surface area contributed by atoms with E-state index in [1.807, 2.05) is 0 Å². The Hall–Kier alpha value is -2.97. The summed E-state index contributed by atoms with van der Waals surface area (Å²) in [6, 6.07) is 0. The number of imidazole rings is 1. The average Bonchev–Trinajstić information content (AvgIpc) is 3.76. The minimum Gasteiger partial charge on any atom is -0.394 e. The number of carbonyl (C=O) groups is 4. The lowest BCUT2D eigenvalue weighted by atomic mass is 9.87. The largest absolute Gasteiger partial charge is 0.481 e. The van der Waals surface area contributed by atoms with Crippen molar-refractivity contribution in [2.24, 2.45) is 5.41 Å². The Morgan fingerprint density at radius 3 is 2.25 bits per heavy atom. The number of aliphatic hydroxyl groups excluding tert-OH is 6. The molecule has 0 aromatic carbocycles. The zero-order valence-corrected chi connectivity index (χ0v) is 36.9. The van der Waals surface area contributed by atoms with E-state index in [2.05, 4.69) is 34.4 Å². The van der Waals surface area contributed by atoms with Crippen LogP contribution in [0.25, 0.3) is 11.2 Å². The molecule has 34 heteroatoms. The number of phosphoric acid groups is 3. The van der Waals surface area contributed by atoms with Crippen LogP contribution in [-0.4, -0.2) is 184 Å². The van der Waals surface area contributed by atoms with Gasteiger partial charge in [-0.25, -0.2) is 28.6 Å². The third-order valence-corrected chi connectivity index (χ3v) is 14.8. The summed E-state index contributed by atoms with van der Waals surface area (Å²) in [4.78, 5) is 97.1. The van der Waals surface area contributed by atoms with E-state index in [1.54, 1.807) is 0 Å². The summed E-state index contributed by atoms with van der Waals surface area (Å²) >= 11 is 0. The third-order valence-electron chi connectivity index (χ3n) is 9.06. The molecule has 1 aliphatic heterocycles. The van der Waals surface area contributed by atoms with Crippen LogP contribution in [0.15, 0.2) is 12.7 Å². The number of rotatable bonds is 25. The molecule has 1 aliphatic rings. The predicted octanol–water partition coefficient (Wildman–Crippen LogP) is -5.08. The van der Waals surface area contributed by atoms with Crippen LogP contribution in [0, 0.1) is 5.41 Å². The highest BCUT2D eigenvalue weighted by Crippen LogP contribution is 2.61. The van der Waals surface area contributed by atoms with Crippen molar-refractivity contribution in [1.29, 1.82) is 0 Å². The zero-order chi connectivity index (χ0) is 47.9. The molecular formula is C29H50N7O23P3S. The summed E-state index contributed by atoms with van der Waals surface area (Å²) in [5.41, 5.74) is 4.06. The van der Waals surface area contributed by atoms with Crippen molar-refractivity contribution in [2.45, 2.75) is 81.1 Å². The maximum Gasteiger partial charge on any atom is 0.481 e. The summed E-state index contributed by atoms with van der Waals surface area (Å²) in [5.74, 6) is -2.35. The molecule has 0 bridgehead atoms. The molecule has 0 saturated carbocycles. The van der Waals surface area contributed by atoms with E-state index in [-0.39, 0.29) is 29.8 Å². The van der Waals surface area contributed by atoms with Gasteiger partial charge >= 0.3 is 23.5 Å². The van der Waals surface area contributed by atoms with E-state index in [9.17, 15) is 83.1 Å². The molecule has 30 nitrogen and oxygen atoms in total. The number of fused-ring (bicyclic) bond motifs is 1. The van der Waals surface area contributed by atoms with Gasteiger partial charge in [-0.05, 0) is 0 Å². The number of nitrogens with one attached hydrogen (secondary N) is 2. The van der Waals surface area contributed by atoms with Gasteiger partial charge in [-0.3, -0.25) is 37.3 Å². The van der Waals surface area contributed by atoms with E-state index in [0.717, 1.165) is 38.0 Å². The van der Waals surface area contributed by atoms with Crippen molar-refractivity contribution < 1.29 is 111 Å². The average molecular weight is 990 g/mol. The minimum absolute atomic E-state index is 0.00355. The van der Waals surface area contributed by atoms with Gasteiger partial charge in [-0.1, -0.05) is 13.8 Å². The number of ether oxygens (including phenoxy) is 1. The lowest BCUT2D eigenvalue weighted by molar-refractivity contribution is -0.144. The molecule has 15 N–H and O–H groups in total. The molecule has 0 radical (unpaired) electrons. The Morgan fingerprint density at radius 2 is 1.67 bits per heavy atom. The topological polar surface area (TPSA) is 482 Å². The van der Waals surface area contributed by atoms with Crippen LogP contribution >= 0.6 is 34.4 Å². The fourth-order valence-electron chi connectivity index (χ4n) is 5.70. The van der Waals surface area contributed by atoms with Gasteiger partial charge in [0.2, 0.25) is 11.8 Å². The first kappa shape index (κ1) is 54.4. The van der Waals surface area contributed by atoms with Crippen molar-refractivity contribution >= 4 is 74.6 Å². The second-order valence-electron chi connectivity index (χ2n) is 14.3. The molecule has 1 fully saturated rings. The quantitative estimate of drug-likeness (QED) is 0.0251. The summed E-state index contributed by atoms with van der Waals surface area (Å²) in [7, 11) is -19.1. The zero-order valence-electron chi connectivity index (χ0n) is 33.3. The standard InChI is InChI=1S/C29H50N7O23P3S/c1-14(39)63(29(47,10-38)22(44)19(42)15(40)8-37)7-6-31-17(41)4-5-32-26(46)23(45)28(2,3)11-56-62(53,54)59-61(51,52)55-9-16-21(58-60(48,49)50)20(43)27(57-16)36-13-35-18-24(30)33-12-34-25(18)36/h10,12-13,15-16,19-23,27,37,40,42-45,47,63H,4-9,11H2,1-3H3,(H,31,41)(H,32,46)(H,51,52)(H,53,54)(H2,30,33,34)(H2,48,49,50)/t15-,16-,19-,20-,21-,22+,23?,27-,29-/m1/s1. The predicted molar refractivity (Wildman–Crippen MR) is 210 cm³/mol. The van der Waals surface area contributed by atoms with Gasteiger partial charge in [0.05, 0.1) is 26.1 Å². The third kappa shape index (κ3) is 14.5. The smallest absolute Gasteiger partial charge is 0.394 e. The number of nitrogen functional groups attached to an aromatic ring is 1. The lowest BCUT2D eigenvalue weighted by Crippen LogP contribution is -2.56. The number of nitrogens with zero attached hydrogens (tertiary/aromatic N) is 4. The molecule has 2 aromatic rings. The molecule has 63 heavy (non-hydrogen) atoms. The van der Waals surface area contributed by atoms with Crippen LogP contribution in [0.1, 0.15) is 33.4 Å². The van der Waals surface area contributed by atoms with Gasteiger partial charge in [-0.15, -0.1) is 0 Å². The second-order valence-corrected chi connectivity index (χ2v) is 21.2. The molecule has 4 unspecified atom stereocenters. The van der Waals surface area contributed by atoms with Crippen LogP contribution in [0.4, 0.5) is 5.82 Å². The number of carbonyl (C=O) groups excluding carboxylic acids is 4. The molecule has 0 spiro atoms. The molecule has 12 atom stereocenters. The number of hydrogen-bond acceptors (Lipinski definition) is 23. The number of anilines is 1. The maximum atomic E-state index is 12.7. The molecule has 2 amide bonds. The number of thiol groups is 1. The first-order chi connectivity index (χ1) is 29.0. The molecule has 2 aromatic heterocycles. The van der Waals surface area contributed by atoms with Crippen molar-refractivity contribution in [3.05, 3.63) is 12.7 Å². The molecular weight excluding hydrogens is 939 g/mol. The number of aldehydes is 1. The highest BCUT2D eigenvalue weighted by Gasteiger charge is 2.51. The molecule has 1 saturated heterocycles. The maximum absolute atomic E-state index is 12.7. The van der Waals surface area contributed by atoms with E-state index < -0.39 is 149 Å². The Kier molecular flexibility index (Phi) is 19.0. The highest BCUT2D eigenvalue weighted by molar-refractivity contribution is 8.31. The summed E-state index contributed by atoms with van der Waals surface area (Å²) in [5, 5.41) is 74.9. The van der Waals surface area contributed by atoms with Crippen molar-refractivity contribution in [1.82, 2.24) is 30.2 Å². The van der Waals surface area contributed by atoms with E-state index in [4.69, 9.17) is 24.6 Å². The number of aliphatic hydroxyl groups is 7. The second kappa shape index (κ2) is 22.0. The van der Waals surface area contributed by atoms with Crippen LogP contribution in [0.3, 0.4) is 0 Å². The summed E-state index contributed by atoms with van der Waals surface area (Å²) in [6.07, 6.45) is -14.3. The van der Waals surface area contributed by atoms with Gasteiger partial charge < -0.3 is 76.4 Å². The molecule has 3 rings (SSSR count). The Morgan fingerprint density at radius 1 is 1.03 bits per heavy atom. The molecule has 360 valence electrons. The van der Waals surface area contributed by atoms with Gasteiger partial charge in [0.25, 0.3) is 0 Å². The highest BCUT2D eigenvalue weighted by atomic mass is 32.2. The summed E-state index contributed by atoms with van der Waals surface area (Å²) in [6.45, 7) is -0.694. The number of hydrogen-bond donors (Lipinski definition) is 15. The first-order valence-electron chi connectivity index (χ1n) is 18.0. The lowest BCUT2D eigenvalue weighted by Gasteiger charge is -2.39. The van der Waals surface area contributed by atoms with E-state index in [1.165, 1.54) is 0 Å². The Bertz CT molecular complexity index is 2080. The minimum atomic E-state index is -5.65. The SMILES string of the molecule is CC(=O)[SH](CCNC(=O)CCNC(=O)C(O)C(C)(C)COP(=O)(O)OP(=O)(O)OC[C@H]1O[C@@H](n2cnc3c(N)ncnc32)[C@H](O)[C@@H]1OP(=O)(O)O)[C@](O)(C=O)[C@@H](O)[C@H](O)[C@H](O)CO. The number of nitrogens with two attached hydrogens (primary N) is 1. The molecule has 0 aliphatic carbocycles. The number of phosphoric ester groups is 3. The Balaban J connectivity index is 1.51. The van der Waals surface area contributed by atoms with Gasteiger partial charge in [-0.2, -0.15) is 15.2 Å². The van der Waals surface area contributed by atoms with Crippen molar-refractivity contribution in [2.75, 3.05) is 44.4 Å². The fraction of sp³-hybridized carbons (Fsp3) is 0.690.